The lowest BCUT2D eigenvalue weighted by atomic mass is 9.99. The molecule has 0 saturated heterocycles. The van der Waals surface area contributed by atoms with Crippen molar-refractivity contribution in [1.29, 1.82) is 0 Å². The Balaban J connectivity index is 2.44. The van der Waals surface area contributed by atoms with Crippen LogP contribution in [0.5, 0.6) is 0 Å². The van der Waals surface area contributed by atoms with Crippen LogP contribution in [0.25, 0.3) is 0 Å². The molecule has 3 heteroatoms. The zero-order valence-electron chi connectivity index (χ0n) is 7.62. The molecule has 0 aliphatic carbocycles. The minimum absolute atomic E-state index is 0.114. The van der Waals surface area contributed by atoms with E-state index in [0.717, 1.165) is 18.5 Å². The highest BCUT2D eigenvalue weighted by Crippen LogP contribution is 2.07. The van der Waals surface area contributed by atoms with Crippen LogP contribution in [0.2, 0.25) is 0 Å². The van der Waals surface area contributed by atoms with E-state index in [1.807, 2.05) is 13.8 Å². The van der Waals surface area contributed by atoms with Crippen LogP contribution in [0.1, 0.15) is 26.0 Å². The Kier molecular flexibility index (Phi) is 2.76. The van der Waals surface area contributed by atoms with Gasteiger partial charge in [0.05, 0.1) is 5.69 Å². The third kappa shape index (κ3) is 3.44. The molecule has 2 N–H and O–H groups in total. The van der Waals surface area contributed by atoms with E-state index in [9.17, 15) is 0 Å². The summed E-state index contributed by atoms with van der Waals surface area (Å²) in [6.45, 7) is 4.03. The standard InChI is InChI=1S/C9H15N3/c1-9(2,10)4-3-8-7-11-5-6-12-8/h5-7H,3-4,10H2,1-2H3. The molecule has 1 rings (SSSR count). The van der Waals surface area contributed by atoms with Crippen LogP contribution in [-0.2, 0) is 6.42 Å². The summed E-state index contributed by atoms with van der Waals surface area (Å²) < 4.78 is 0. The lowest BCUT2D eigenvalue weighted by Gasteiger charge is -2.17. The number of hydrogen-bond donors (Lipinski definition) is 1. The molecule has 0 radical (unpaired) electrons. The molecule has 1 aromatic heterocycles. The maximum atomic E-state index is 5.84. The molecule has 0 fully saturated rings. The third-order valence-electron chi connectivity index (χ3n) is 1.64. The zero-order valence-corrected chi connectivity index (χ0v) is 7.62. The summed E-state index contributed by atoms with van der Waals surface area (Å²) in [5.74, 6) is 0. The van der Waals surface area contributed by atoms with Crippen molar-refractivity contribution in [1.82, 2.24) is 9.97 Å². The average Bonchev–Trinajstić information content (AvgIpc) is 2.02. The molecule has 0 aliphatic rings. The van der Waals surface area contributed by atoms with Gasteiger partial charge in [-0.1, -0.05) is 0 Å². The van der Waals surface area contributed by atoms with Gasteiger partial charge in [0.25, 0.3) is 0 Å². The summed E-state index contributed by atoms with van der Waals surface area (Å²) in [7, 11) is 0. The Morgan fingerprint density at radius 3 is 2.67 bits per heavy atom. The van der Waals surface area contributed by atoms with Crippen LogP contribution in [-0.4, -0.2) is 15.5 Å². The number of nitrogens with zero attached hydrogens (tertiary/aromatic N) is 2. The molecule has 1 heterocycles. The van der Waals surface area contributed by atoms with Crippen molar-refractivity contribution in [3.05, 3.63) is 24.3 Å². The Morgan fingerprint density at radius 2 is 2.17 bits per heavy atom. The summed E-state index contributed by atoms with van der Waals surface area (Å²) in [5.41, 5.74) is 6.73. The highest BCUT2D eigenvalue weighted by atomic mass is 14.8. The Labute approximate surface area is 73.0 Å². The molecule has 12 heavy (non-hydrogen) atoms. The van der Waals surface area contributed by atoms with Gasteiger partial charge in [-0.25, -0.2) is 0 Å². The van der Waals surface area contributed by atoms with E-state index >= 15 is 0 Å². The fraction of sp³-hybridized carbons (Fsp3) is 0.556. The maximum Gasteiger partial charge on any atom is 0.0587 e. The van der Waals surface area contributed by atoms with E-state index < -0.39 is 0 Å². The second kappa shape index (κ2) is 3.63. The van der Waals surface area contributed by atoms with Crippen molar-refractivity contribution < 1.29 is 0 Å². The SMILES string of the molecule is CC(C)(N)CCc1cnccn1. The molecule has 66 valence electrons. The topological polar surface area (TPSA) is 51.8 Å². The number of aryl methyl sites for hydroxylation is 1. The summed E-state index contributed by atoms with van der Waals surface area (Å²) in [6.07, 6.45) is 7.00. The number of aromatic nitrogens is 2. The lowest BCUT2D eigenvalue weighted by molar-refractivity contribution is 0.474. The van der Waals surface area contributed by atoms with Gasteiger partial charge in [-0.15, -0.1) is 0 Å². The molecule has 0 saturated carbocycles. The third-order valence-corrected chi connectivity index (χ3v) is 1.64. The van der Waals surface area contributed by atoms with Crippen LogP contribution in [0.4, 0.5) is 0 Å². The summed E-state index contributed by atoms with van der Waals surface area (Å²) in [4.78, 5) is 8.15. The van der Waals surface area contributed by atoms with E-state index in [2.05, 4.69) is 9.97 Å². The van der Waals surface area contributed by atoms with Crippen LogP contribution >= 0.6 is 0 Å². The molecule has 0 bridgehead atoms. The predicted octanol–water partition coefficient (Wildman–Crippen LogP) is 1.15. The van der Waals surface area contributed by atoms with Crippen molar-refractivity contribution in [2.45, 2.75) is 32.2 Å². The van der Waals surface area contributed by atoms with E-state index in [4.69, 9.17) is 5.73 Å². The van der Waals surface area contributed by atoms with Gasteiger partial charge >= 0.3 is 0 Å². The minimum Gasteiger partial charge on any atom is -0.326 e. The van der Waals surface area contributed by atoms with Crippen LogP contribution < -0.4 is 5.73 Å². The van der Waals surface area contributed by atoms with Crippen molar-refractivity contribution in [3.8, 4) is 0 Å². The molecule has 0 amide bonds. The minimum atomic E-state index is -0.114. The second-order valence-electron chi connectivity index (χ2n) is 3.69. The van der Waals surface area contributed by atoms with Crippen molar-refractivity contribution >= 4 is 0 Å². The zero-order chi connectivity index (χ0) is 9.03. The first-order chi connectivity index (χ1) is 5.58. The molecular weight excluding hydrogens is 150 g/mol. The molecular formula is C9H15N3. The van der Waals surface area contributed by atoms with Crippen LogP contribution in [0.15, 0.2) is 18.6 Å². The maximum absolute atomic E-state index is 5.84. The molecule has 1 aromatic rings. The molecule has 0 atom stereocenters. The van der Waals surface area contributed by atoms with E-state index in [0.29, 0.717) is 0 Å². The summed E-state index contributed by atoms with van der Waals surface area (Å²) >= 11 is 0. The van der Waals surface area contributed by atoms with Gasteiger partial charge in [-0.05, 0) is 26.7 Å². The lowest BCUT2D eigenvalue weighted by Crippen LogP contribution is -2.32. The average molecular weight is 165 g/mol. The first-order valence-corrected chi connectivity index (χ1v) is 4.12. The van der Waals surface area contributed by atoms with Gasteiger partial charge < -0.3 is 5.73 Å². The fourth-order valence-electron chi connectivity index (χ4n) is 0.909. The van der Waals surface area contributed by atoms with Crippen molar-refractivity contribution in [3.63, 3.8) is 0 Å². The molecule has 0 spiro atoms. The van der Waals surface area contributed by atoms with Crippen LogP contribution in [0.3, 0.4) is 0 Å². The Bertz CT molecular complexity index is 225. The summed E-state index contributed by atoms with van der Waals surface area (Å²) in [6, 6.07) is 0. The molecule has 0 unspecified atom stereocenters. The fourth-order valence-corrected chi connectivity index (χ4v) is 0.909. The van der Waals surface area contributed by atoms with Gasteiger partial charge in [0.2, 0.25) is 0 Å². The Hall–Kier alpha value is -0.960. The first kappa shape index (κ1) is 9.13. The van der Waals surface area contributed by atoms with Crippen LogP contribution in [0, 0.1) is 0 Å². The van der Waals surface area contributed by atoms with Gasteiger partial charge in [0.15, 0.2) is 0 Å². The van der Waals surface area contributed by atoms with Crippen molar-refractivity contribution in [2.75, 3.05) is 0 Å². The quantitative estimate of drug-likeness (QED) is 0.730. The van der Waals surface area contributed by atoms with E-state index in [-0.39, 0.29) is 5.54 Å². The van der Waals surface area contributed by atoms with Gasteiger partial charge in [-0.3, -0.25) is 9.97 Å². The number of hydrogen-bond acceptors (Lipinski definition) is 3. The number of rotatable bonds is 3. The smallest absolute Gasteiger partial charge is 0.0587 e. The highest BCUT2D eigenvalue weighted by molar-refractivity contribution is 4.96. The van der Waals surface area contributed by atoms with E-state index in [1.165, 1.54) is 0 Å². The van der Waals surface area contributed by atoms with Gasteiger partial charge in [-0.2, -0.15) is 0 Å². The first-order valence-electron chi connectivity index (χ1n) is 4.12. The molecule has 0 aromatic carbocycles. The van der Waals surface area contributed by atoms with Gasteiger partial charge in [0.1, 0.15) is 0 Å². The second-order valence-corrected chi connectivity index (χ2v) is 3.69. The highest BCUT2D eigenvalue weighted by Gasteiger charge is 2.10. The molecule has 3 nitrogen and oxygen atoms in total. The monoisotopic (exact) mass is 165 g/mol. The summed E-state index contributed by atoms with van der Waals surface area (Å²) in [5, 5.41) is 0. The normalized spacial score (nSPS) is 11.6. The largest absolute Gasteiger partial charge is 0.326 e. The van der Waals surface area contributed by atoms with Gasteiger partial charge in [0, 0.05) is 24.1 Å². The Morgan fingerprint density at radius 1 is 1.42 bits per heavy atom. The number of nitrogens with two attached hydrogens (primary N) is 1. The molecule has 0 aliphatic heterocycles. The van der Waals surface area contributed by atoms with Crippen molar-refractivity contribution in [2.24, 2.45) is 5.73 Å². The van der Waals surface area contributed by atoms with E-state index in [1.54, 1.807) is 18.6 Å². The predicted molar refractivity (Wildman–Crippen MR) is 48.6 cm³/mol.